The number of fused-ring (bicyclic) bond motifs is 1. The van der Waals surface area contributed by atoms with Crippen LogP contribution in [0, 0.1) is 29.9 Å². The quantitative estimate of drug-likeness (QED) is 0.277. The van der Waals surface area contributed by atoms with E-state index in [1.807, 2.05) is 24.3 Å². The lowest BCUT2D eigenvalue weighted by molar-refractivity contribution is 0.397. The Balaban J connectivity index is 1.78. The van der Waals surface area contributed by atoms with Gasteiger partial charge in [0.05, 0.1) is 13.2 Å². The minimum atomic E-state index is -0.964. The molecule has 2 heterocycles. The molecule has 0 aliphatic rings. The number of allylic oxidation sites excluding steroid dienone is 1. The van der Waals surface area contributed by atoms with Gasteiger partial charge in [0, 0.05) is 12.6 Å². The van der Waals surface area contributed by atoms with Crippen molar-refractivity contribution in [1.29, 1.82) is 5.26 Å². The first-order valence-corrected chi connectivity index (χ1v) is 10.0. The number of ether oxygens (including phenoxy) is 2. The number of hydrogen-bond acceptors (Lipinski definition) is 6. The van der Waals surface area contributed by atoms with Gasteiger partial charge in [-0.25, -0.2) is 13.8 Å². The molecule has 0 atom stereocenters. The van der Waals surface area contributed by atoms with Crippen LogP contribution < -0.4 is 9.47 Å². The molecule has 33 heavy (non-hydrogen) atoms. The van der Waals surface area contributed by atoms with Gasteiger partial charge >= 0.3 is 0 Å². The molecule has 0 radical (unpaired) electrons. The molecule has 4 aromatic rings. The van der Waals surface area contributed by atoms with Crippen LogP contribution in [0.5, 0.6) is 17.4 Å². The molecule has 0 saturated carbocycles. The summed E-state index contributed by atoms with van der Waals surface area (Å²) in [5.74, 6) is -1.43. The summed E-state index contributed by atoms with van der Waals surface area (Å²) in [6.45, 7) is 2.14. The van der Waals surface area contributed by atoms with E-state index in [1.54, 1.807) is 24.7 Å². The summed E-state index contributed by atoms with van der Waals surface area (Å²) >= 11 is 6.01. The van der Waals surface area contributed by atoms with E-state index in [9.17, 15) is 8.78 Å². The average Bonchev–Trinajstić information content (AvgIpc) is 3.09. The van der Waals surface area contributed by atoms with Crippen molar-refractivity contribution in [1.82, 2.24) is 19.5 Å². The summed E-state index contributed by atoms with van der Waals surface area (Å²) in [4.78, 5) is 12.6. The number of nitrogens with zero attached hydrogens (tertiary/aromatic N) is 5. The number of benzene rings is 2. The fraction of sp³-hybridized carbons (Fsp3) is 0.130. The van der Waals surface area contributed by atoms with Crippen LogP contribution in [-0.4, -0.2) is 26.6 Å². The Labute approximate surface area is 192 Å². The third-order valence-electron chi connectivity index (χ3n) is 4.80. The Morgan fingerprint density at radius 3 is 2.45 bits per heavy atom. The summed E-state index contributed by atoms with van der Waals surface area (Å²) in [6, 6.07) is 11.3. The van der Waals surface area contributed by atoms with Crippen LogP contribution in [0.2, 0.25) is 5.28 Å². The van der Waals surface area contributed by atoms with E-state index in [0.29, 0.717) is 23.6 Å². The molecule has 10 heteroatoms. The molecule has 4 rings (SSSR count). The van der Waals surface area contributed by atoms with Crippen molar-refractivity contribution in [2.24, 2.45) is 0 Å². The van der Waals surface area contributed by atoms with Gasteiger partial charge in [0.1, 0.15) is 11.6 Å². The van der Waals surface area contributed by atoms with Crippen molar-refractivity contribution in [3.05, 3.63) is 76.3 Å². The van der Waals surface area contributed by atoms with Gasteiger partial charge in [-0.2, -0.15) is 15.2 Å². The van der Waals surface area contributed by atoms with Gasteiger partial charge in [0.15, 0.2) is 22.8 Å². The molecule has 0 bridgehead atoms. The van der Waals surface area contributed by atoms with Crippen LogP contribution in [-0.2, 0) is 6.54 Å². The van der Waals surface area contributed by atoms with Crippen molar-refractivity contribution in [2.45, 2.75) is 13.5 Å². The van der Waals surface area contributed by atoms with Gasteiger partial charge in [-0.1, -0.05) is 12.1 Å². The summed E-state index contributed by atoms with van der Waals surface area (Å²) in [5, 5.41) is 8.43. The van der Waals surface area contributed by atoms with Crippen molar-refractivity contribution < 1.29 is 18.3 Å². The fourth-order valence-corrected chi connectivity index (χ4v) is 3.43. The Bertz CT molecular complexity index is 1390. The van der Waals surface area contributed by atoms with E-state index in [-0.39, 0.29) is 22.4 Å². The van der Waals surface area contributed by atoms with Crippen LogP contribution in [0.25, 0.3) is 17.2 Å². The second kappa shape index (κ2) is 9.22. The lowest BCUT2D eigenvalue weighted by Crippen LogP contribution is -2.05. The maximum atomic E-state index is 14.7. The number of methoxy groups -OCH3 is 1. The molecule has 0 saturated heterocycles. The van der Waals surface area contributed by atoms with Gasteiger partial charge in [-0.3, -0.25) is 0 Å². The van der Waals surface area contributed by atoms with E-state index in [1.165, 1.54) is 6.08 Å². The van der Waals surface area contributed by atoms with E-state index >= 15 is 0 Å². The maximum Gasteiger partial charge on any atom is 0.250 e. The van der Waals surface area contributed by atoms with Crippen molar-refractivity contribution in [3.63, 3.8) is 0 Å². The summed E-state index contributed by atoms with van der Waals surface area (Å²) in [7, 11) is 1.58. The first-order valence-electron chi connectivity index (χ1n) is 9.66. The lowest BCUT2D eigenvalue weighted by Gasteiger charge is -2.12. The molecule has 0 fully saturated rings. The Kier molecular flexibility index (Phi) is 6.20. The van der Waals surface area contributed by atoms with Crippen LogP contribution in [0.3, 0.4) is 0 Å². The second-order valence-electron chi connectivity index (χ2n) is 6.94. The maximum absolute atomic E-state index is 14.7. The number of aromatic nitrogens is 4. The minimum Gasteiger partial charge on any atom is -0.497 e. The smallest absolute Gasteiger partial charge is 0.250 e. The highest BCUT2D eigenvalue weighted by atomic mass is 35.5. The summed E-state index contributed by atoms with van der Waals surface area (Å²) in [5.41, 5.74) is 1.65. The molecule has 0 aliphatic heterocycles. The van der Waals surface area contributed by atoms with E-state index in [0.717, 1.165) is 23.8 Å². The summed E-state index contributed by atoms with van der Waals surface area (Å²) < 4.78 is 41.8. The molecular formula is C23H16ClF2N5O2. The highest BCUT2D eigenvalue weighted by Crippen LogP contribution is 2.33. The number of halogens is 3. The molecule has 0 unspecified atom stereocenters. The SMILES string of the molecule is COc1ccc(Cn2c(C)nc3nc(Cl)nc(Oc4c(F)cc(/C=C/C#N)cc4F)c32)cc1. The number of aryl methyl sites for hydroxylation is 1. The number of hydrogen-bond donors (Lipinski definition) is 0. The molecule has 0 spiro atoms. The van der Waals surface area contributed by atoms with E-state index in [2.05, 4.69) is 15.0 Å². The zero-order valence-electron chi connectivity index (χ0n) is 17.5. The van der Waals surface area contributed by atoms with Gasteiger partial charge in [-0.15, -0.1) is 0 Å². The highest BCUT2D eigenvalue weighted by molar-refractivity contribution is 6.28. The monoisotopic (exact) mass is 467 g/mol. The third-order valence-corrected chi connectivity index (χ3v) is 4.97. The molecule has 166 valence electrons. The van der Waals surface area contributed by atoms with Gasteiger partial charge in [0.25, 0.3) is 5.88 Å². The molecule has 2 aromatic heterocycles. The Morgan fingerprint density at radius 2 is 1.82 bits per heavy atom. The third kappa shape index (κ3) is 4.61. The zero-order chi connectivity index (χ0) is 23.5. The largest absolute Gasteiger partial charge is 0.497 e. The zero-order valence-corrected chi connectivity index (χ0v) is 18.3. The second-order valence-corrected chi connectivity index (χ2v) is 7.28. The molecule has 0 N–H and O–H groups in total. The topological polar surface area (TPSA) is 85.8 Å². The van der Waals surface area contributed by atoms with Gasteiger partial charge < -0.3 is 14.0 Å². The normalized spacial score (nSPS) is 11.2. The fourth-order valence-electron chi connectivity index (χ4n) is 3.27. The van der Waals surface area contributed by atoms with Crippen LogP contribution in [0.4, 0.5) is 8.78 Å². The predicted octanol–water partition coefficient (Wildman–Crippen LogP) is 5.45. The first-order chi connectivity index (χ1) is 15.9. The average molecular weight is 468 g/mol. The van der Waals surface area contributed by atoms with Crippen molar-refractivity contribution >= 4 is 28.8 Å². The predicted molar refractivity (Wildman–Crippen MR) is 118 cm³/mol. The Morgan fingerprint density at radius 1 is 1.12 bits per heavy atom. The number of rotatable bonds is 6. The minimum absolute atomic E-state index is 0.141. The van der Waals surface area contributed by atoms with Crippen LogP contribution in [0.1, 0.15) is 17.0 Å². The van der Waals surface area contributed by atoms with E-state index in [4.69, 9.17) is 26.3 Å². The molecule has 7 nitrogen and oxygen atoms in total. The van der Waals surface area contributed by atoms with Crippen LogP contribution in [0.15, 0.2) is 42.5 Å². The van der Waals surface area contributed by atoms with Crippen molar-refractivity contribution in [3.8, 4) is 23.4 Å². The van der Waals surface area contributed by atoms with Gasteiger partial charge in [0.2, 0.25) is 11.0 Å². The highest BCUT2D eigenvalue weighted by Gasteiger charge is 2.21. The standard InChI is InChI=1S/C23H16ClF2N5O2/c1-13-28-21-19(31(13)12-14-5-7-16(32-2)8-6-14)22(30-23(24)29-21)33-20-17(25)10-15(4-3-9-27)11-18(20)26/h3-8,10-11H,12H2,1-2H3/b4-3+. The number of imidazole rings is 1. The van der Waals surface area contributed by atoms with Crippen LogP contribution >= 0.6 is 11.6 Å². The number of nitriles is 1. The van der Waals surface area contributed by atoms with Crippen molar-refractivity contribution in [2.75, 3.05) is 7.11 Å². The van der Waals surface area contributed by atoms with E-state index < -0.39 is 17.4 Å². The molecule has 2 aromatic carbocycles. The summed E-state index contributed by atoms with van der Waals surface area (Å²) in [6.07, 6.45) is 2.39. The molecule has 0 amide bonds. The molecule has 0 aliphatic carbocycles. The van der Waals surface area contributed by atoms with Gasteiger partial charge in [-0.05, 0) is 60.0 Å². The first kappa shape index (κ1) is 22.2. The lowest BCUT2D eigenvalue weighted by atomic mass is 10.2. The molecular weight excluding hydrogens is 452 g/mol. The Hall–Kier alpha value is -4.03.